The Morgan fingerprint density at radius 3 is 2.74 bits per heavy atom. The zero-order valence-corrected chi connectivity index (χ0v) is 12.0. The molecule has 0 fully saturated rings. The van der Waals surface area contributed by atoms with Gasteiger partial charge in [-0.15, -0.1) is 0 Å². The van der Waals surface area contributed by atoms with E-state index in [9.17, 15) is 4.79 Å². The third kappa shape index (κ3) is 5.41. The molecule has 0 saturated heterocycles. The first-order valence-corrected chi connectivity index (χ1v) is 6.80. The van der Waals surface area contributed by atoms with Gasteiger partial charge in [0.05, 0.1) is 13.2 Å². The molecule has 0 spiro atoms. The second-order valence-corrected chi connectivity index (χ2v) is 4.89. The molecule has 0 saturated carbocycles. The maximum absolute atomic E-state index is 12.0. The second kappa shape index (κ2) is 7.92. The quantitative estimate of drug-likeness (QED) is 0.790. The van der Waals surface area contributed by atoms with Crippen molar-refractivity contribution in [1.82, 2.24) is 4.90 Å². The number of hydrogen-bond donors (Lipinski definition) is 2. The second-order valence-electron chi connectivity index (χ2n) is 4.89. The summed E-state index contributed by atoms with van der Waals surface area (Å²) in [6.07, 6.45) is 0.951. The van der Waals surface area contributed by atoms with Gasteiger partial charge in [0.2, 0.25) is 5.91 Å². The van der Waals surface area contributed by atoms with Gasteiger partial charge in [-0.25, -0.2) is 0 Å². The molecule has 0 aliphatic carbocycles. The van der Waals surface area contributed by atoms with Gasteiger partial charge in [0.15, 0.2) is 0 Å². The van der Waals surface area contributed by atoms with Crippen LogP contribution in [0.4, 0.5) is 5.69 Å². The van der Waals surface area contributed by atoms with Crippen molar-refractivity contribution in [3.63, 3.8) is 0 Å². The summed E-state index contributed by atoms with van der Waals surface area (Å²) < 4.78 is 0. The van der Waals surface area contributed by atoms with Gasteiger partial charge in [-0.3, -0.25) is 9.69 Å². The zero-order valence-electron chi connectivity index (χ0n) is 12.0. The molecule has 0 radical (unpaired) electrons. The molecule has 1 amide bonds. The molecule has 0 aliphatic heterocycles. The first kappa shape index (κ1) is 15.7. The van der Waals surface area contributed by atoms with Gasteiger partial charge in [0.25, 0.3) is 0 Å². The number of benzene rings is 1. The van der Waals surface area contributed by atoms with E-state index in [0.717, 1.165) is 12.1 Å². The van der Waals surface area contributed by atoms with E-state index >= 15 is 0 Å². The Morgan fingerprint density at radius 1 is 1.42 bits per heavy atom. The van der Waals surface area contributed by atoms with Crippen LogP contribution in [0, 0.1) is 0 Å². The lowest BCUT2D eigenvalue weighted by atomic mass is 10.1. The predicted molar refractivity (Wildman–Crippen MR) is 78.2 cm³/mol. The number of aliphatic hydroxyl groups is 1. The number of rotatable bonds is 7. The van der Waals surface area contributed by atoms with Crippen LogP contribution in [0.3, 0.4) is 0 Å². The Balaban J connectivity index is 2.58. The highest BCUT2D eigenvalue weighted by molar-refractivity contribution is 5.92. The van der Waals surface area contributed by atoms with Crippen molar-refractivity contribution >= 4 is 11.6 Å². The molecule has 1 aromatic rings. The van der Waals surface area contributed by atoms with Crippen LogP contribution in [-0.2, 0) is 11.2 Å². The van der Waals surface area contributed by atoms with Crippen molar-refractivity contribution in [3.05, 3.63) is 29.8 Å². The van der Waals surface area contributed by atoms with Crippen molar-refractivity contribution in [3.8, 4) is 0 Å². The van der Waals surface area contributed by atoms with Crippen LogP contribution in [0.2, 0.25) is 0 Å². The lowest BCUT2D eigenvalue weighted by molar-refractivity contribution is -0.117. The summed E-state index contributed by atoms with van der Waals surface area (Å²) in [6, 6.07) is 8.11. The molecule has 0 unspecified atom stereocenters. The zero-order chi connectivity index (χ0) is 14.3. The number of aliphatic hydroxyl groups excluding tert-OH is 1. The fourth-order valence-electron chi connectivity index (χ4n) is 1.90. The van der Waals surface area contributed by atoms with E-state index in [2.05, 4.69) is 12.2 Å². The highest BCUT2D eigenvalue weighted by Gasteiger charge is 2.13. The molecule has 0 aliphatic rings. The number of amides is 1. The Morgan fingerprint density at radius 2 is 2.16 bits per heavy atom. The minimum Gasteiger partial charge on any atom is -0.395 e. The van der Waals surface area contributed by atoms with E-state index in [1.165, 1.54) is 5.56 Å². The van der Waals surface area contributed by atoms with Gasteiger partial charge in [0, 0.05) is 18.3 Å². The summed E-state index contributed by atoms with van der Waals surface area (Å²) >= 11 is 0. The summed E-state index contributed by atoms with van der Waals surface area (Å²) in [4.78, 5) is 13.9. The first-order chi connectivity index (χ1) is 9.06. The number of carbonyl (C=O) groups excluding carboxylic acids is 1. The van der Waals surface area contributed by atoms with Crippen LogP contribution in [-0.4, -0.2) is 41.7 Å². The van der Waals surface area contributed by atoms with Crippen molar-refractivity contribution in [1.29, 1.82) is 0 Å². The summed E-state index contributed by atoms with van der Waals surface area (Å²) in [5.41, 5.74) is 2.03. The summed E-state index contributed by atoms with van der Waals surface area (Å²) in [7, 11) is 0. The summed E-state index contributed by atoms with van der Waals surface area (Å²) in [5.74, 6) is -0.0459. The monoisotopic (exact) mass is 264 g/mol. The van der Waals surface area contributed by atoms with E-state index in [0.29, 0.717) is 13.1 Å². The standard InChI is InChI=1S/C15H24N2O2/c1-4-13-6-5-7-14(10-13)16-15(19)11-17(8-9-18)12(2)3/h5-7,10,12,18H,4,8-9,11H2,1-3H3,(H,16,19). The van der Waals surface area contributed by atoms with Crippen LogP contribution in [0.5, 0.6) is 0 Å². The SMILES string of the molecule is CCc1cccc(NC(=O)CN(CCO)C(C)C)c1. The normalized spacial score (nSPS) is 11.1. The van der Waals surface area contributed by atoms with Crippen molar-refractivity contribution in [2.24, 2.45) is 0 Å². The fraction of sp³-hybridized carbons (Fsp3) is 0.533. The Bertz CT molecular complexity index is 405. The average molecular weight is 264 g/mol. The molecule has 4 heteroatoms. The third-order valence-corrected chi connectivity index (χ3v) is 3.08. The molecule has 1 aromatic carbocycles. The van der Waals surface area contributed by atoms with Crippen LogP contribution in [0.1, 0.15) is 26.3 Å². The molecule has 0 aromatic heterocycles. The van der Waals surface area contributed by atoms with E-state index in [1.54, 1.807) is 0 Å². The lowest BCUT2D eigenvalue weighted by Gasteiger charge is -2.24. The van der Waals surface area contributed by atoms with Crippen molar-refractivity contribution in [2.75, 3.05) is 25.0 Å². The topological polar surface area (TPSA) is 52.6 Å². The molecule has 0 heterocycles. The predicted octanol–water partition coefficient (Wildman–Crippen LogP) is 1.89. The summed E-state index contributed by atoms with van der Waals surface area (Å²) in [5, 5.41) is 11.9. The van der Waals surface area contributed by atoms with E-state index in [4.69, 9.17) is 5.11 Å². The maximum Gasteiger partial charge on any atom is 0.238 e. The Kier molecular flexibility index (Phi) is 6.53. The smallest absolute Gasteiger partial charge is 0.238 e. The lowest BCUT2D eigenvalue weighted by Crippen LogP contribution is -2.39. The largest absolute Gasteiger partial charge is 0.395 e. The van der Waals surface area contributed by atoms with Gasteiger partial charge in [-0.2, -0.15) is 0 Å². The highest BCUT2D eigenvalue weighted by atomic mass is 16.3. The van der Waals surface area contributed by atoms with E-state index < -0.39 is 0 Å². The number of aryl methyl sites for hydroxylation is 1. The molecule has 1 rings (SSSR count). The minimum atomic E-state index is -0.0459. The van der Waals surface area contributed by atoms with Crippen LogP contribution >= 0.6 is 0 Å². The number of carbonyl (C=O) groups is 1. The number of anilines is 1. The molecule has 19 heavy (non-hydrogen) atoms. The maximum atomic E-state index is 12.0. The molecule has 0 bridgehead atoms. The van der Waals surface area contributed by atoms with E-state index in [-0.39, 0.29) is 18.6 Å². The average Bonchev–Trinajstić information content (AvgIpc) is 2.38. The number of nitrogens with zero attached hydrogens (tertiary/aromatic N) is 1. The van der Waals surface area contributed by atoms with Gasteiger partial charge < -0.3 is 10.4 Å². The molecule has 4 nitrogen and oxygen atoms in total. The third-order valence-electron chi connectivity index (χ3n) is 3.08. The fourth-order valence-corrected chi connectivity index (χ4v) is 1.90. The molecular formula is C15H24N2O2. The highest BCUT2D eigenvalue weighted by Crippen LogP contribution is 2.11. The Hall–Kier alpha value is -1.39. The molecule has 0 atom stereocenters. The first-order valence-electron chi connectivity index (χ1n) is 6.80. The van der Waals surface area contributed by atoms with Crippen LogP contribution < -0.4 is 5.32 Å². The van der Waals surface area contributed by atoms with Gasteiger partial charge in [-0.05, 0) is 38.0 Å². The molecule has 106 valence electrons. The molecule has 2 N–H and O–H groups in total. The Labute approximate surface area is 115 Å². The van der Waals surface area contributed by atoms with Gasteiger partial charge in [-0.1, -0.05) is 19.1 Å². The van der Waals surface area contributed by atoms with Crippen LogP contribution in [0.15, 0.2) is 24.3 Å². The van der Waals surface area contributed by atoms with Crippen LogP contribution in [0.25, 0.3) is 0 Å². The molecular weight excluding hydrogens is 240 g/mol. The number of hydrogen-bond acceptors (Lipinski definition) is 3. The minimum absolute atomic E-state index is 0.0459. The number of nitrogens with one attached hydrogen (secondary N) is 1. The van der Waals surface area contributed by atoms with Gasteiger partial charge >= 0.3 is 0 Å². The van der Waals surface area contributed by atoms with Crippen molar-refractivity contribution < 1.29 is 9.90 Å². The van der Waals surface area contributed by atoms with Crippen molar-refractivity contribution in [2.45, 2.75) is 33.2 Å². The summed E-state index contributed by atoms with van der Waals surface area (Å²) in [6.45, 7) is 7.00. The van der Waals surface area contributed by atoms with E-state index in [1.807, 2.05) is 43.0 Å². The van der Waals surface area contributed by atoms with Gasteiger partial charge in [0.1, 0.15) is 0 Å².